The molecule has 2 aromatic carbocycles. The second kappa shape index (κ2) is 15.1. The number of aliphatic hydroxyl groups is 1. The molecule has 4 aromatic rings. The lowest BCUT2D eigenvalue weighted by Crippen LogP contribution is -2.41. The number of nitrogens with zero attached hydrogens (tertiary/aromatic N) is 4. The Balaban J connectivity index is 1.20. The highest BCUT2D eigenvalue weighted by Crippen LogP contribution is 2.42. The molecular formula is C34H37Cl2N7O6S. The number of amides is 1. The summed E-state index contributed by atoms with van der Waals surface area (Å²) in [4.78, 5) is 30.0. The minimum Gasteiger partial charge on any atom is -0.480 e. The van der Waals surface area contributed by atoms with Crippen LogP contribution in [0.5, 0.6) is 11.8 Å². The highest BCUT2D eigenvalue weighted by Gasteiger charge is 2.40. The zero-order chi connectivity index (χ0) is 35.5. The average Bonchev–Trinajstić information content (AvgIpc) is 3.65. The summed E-state index contributed by atoms with van der Waals surface area (Å²) in [5, 5.41) is 20.8. The molecule has 2 aliphatic rings. The van der Waals surface area contributed by atoms with Crippen molar-refractivity contribution in [3.8, 4) is 45.4 Å². The molecule has 13 nitrogen and oxygen atoms in total. The summed E-state index contributed by atoms with van der Waals surface area (Å²) in [6.07, 6.45) is 4.75. The molecule has 2 atom stereocenters. The molecule has 50 heavy (non-hydrogen) atoms. The van der Waals surface area contributed by atoms with Crippen molar-refractivity contribution in [2.45, 2.75) is 44.0 Å². The molecule has 6 rings (SSSR count). The van der Waals surface area contributed by atoms with E-state index in [0.717, 1.165) is 6.42 Å². The number of methoxy groups -OCH3 is 2. The number of halogens is 2. The van der Waals surface area contributed by atoms with E-state index in [1.165, 1.54) is 14.2 Å². The fourth-order valence-corrected chi connectivity index (χ4v) is 8.70. The van der Waals surface area contributed by atoms with Crippen molar-refractivity contribution >= 4 is 38.9 Å². The van der Waals surface area contributed by atoms with Crippen LogP contribution in [0.3, 0.4) is 0 Å². The van der Waals surface area contributed by atoms with Crippen LogP contribution >= 0.6 is 23.2 Å². The summed E-state index contributed by atoms with van der Waals surface area (Å²) >= 11 is 14.0. The first-order chi connectivity index (χ1) is 24.0. The number of carbonyl (C=O) groups excluding carboxylic acids is 1. The molecule has 0 saturated carbocycles. The maximum Gasteiger partial charge on any atom is 0.237 e. The van der Waals surface area contributed by atoms with E-state index in [4.69, 9.17) is 37.7 Å². The van der Waals surface area contributed by atoms with E-state index in [0.29, 0.717) is 80.5 Å². The summed E-state index contributed by atoms with van der Waals surface area (Å²) in [5.74, 6) is 0.391. The van der Waals surface area contributed by atoms with Crippen molar-refractivity contribution in [2.75, 3.05) is 38.8 Å². The highest BCUT2D eigenvalue weighted by atomic mass is 35.5. The quantitative estimate of drug-likeness (QED) is 0.157. The van der Waals surface area contributed by atoms with E-state index in [1.807, 2.05) is 36.4 Å². The normalized spacial score (nSPS) is 19.8. The first kappa shape index (κ1) is 35.9. The zero-order valence-corrected chi connectivity index (χ0v) is 29.8. The van der Waals surface area contributed by atoms with Gasteiger partial charge >= 0.3 is 0 Å². The van der Waals surface area contributed by atoms with Crippen molar-refractivity contribution in [1.29, 1.82) is 0 Å². The third-order valence-electron chi connectivity index (χ3n) is 8.73. The Bertz CT molecular complexity index is 2020. The Labute approximate surface area is 300 Å². The lowest BCUT2D eigenvalue weighted by atomic mass is 9.98. The Kier molecular flexibility index (Phi) is 10.9. The fourth-order valence-electron chi connectivity index (χ4n) is 6.15. The van der Waals surface area contributed by atoms with Gasteiger partial charge in [-0.2, -0.15) is 0 Å². The van der Waals surface area contributed by atoms with Crippen LogP contribution in [0.2, 0.25) is 10.0 Å². The van der Waals surface area contributed by atoms with Crippen LogP contribution in [-0.2, 0) is 27.7 Å². The van der Waals surface area contributed by atoms with E-state index in [9.17, 15) is 18.3 Å². The molecule has 4 heterocycles. The molecule has 0 radical (unpaired) electrons. The summed E-state index contributed by atoms with van der Waals surface area (Å²) in [6, 6.07) is 11.2. The number of carbonyl (C=O) groups is 1. The van der Waals surface area contributed by atoms with Gasteiger partial charge < -0.3 is 30.5 Å². The van der Waals surface area contributed by atoms with Crippen molar-refractivity contribution in [1.82, 2.24) is 35.9 Å². The van der Waals surface area contributed by atoms with E-state index in [1.54, 1.807) is 12.4 Å². The van der Waals surface area contributed by atoms with E-state index in [-0.39, 0.29) is 48.8 Å². The maximum absolute atomic E-state index is 11.8. The lowest BCUT2D eigenvalue weighted by molar-refractivity contribution is -0.119. The van der Waals surface area contributed by atoms with Crippen LogP contribution in [0.4, 0.5) is 0 Å². The summed E-state index contributed by atoms with van der Waals surface area (Å²) in [6.45, 7) is 1.33. The van der Waals surface area contributed by atoms with Crippen LogP contribution in [0.15, 0.2) is 48.8 Å². The van der Waals surface area contributed by atoms with Crippen LogP contribution < -0.4 is 25.4 Å². The maximum atomic E-state index is 11.8. The predicted octanol–water partition coefficient (Wildman–Crippen LogP) is 3.60. The summed E-state index contributed by atoms with van der Waals surface area (Å²) in [7, 11) is -0.224. The molecule has 2 fully saturated rings. The number of ether oxygens (including phenoxy) is 2. The molecule has 0 bridgehead atoms. The third kappa shape index (κ3) is 8.01. The molecule has 0 aliphatic carbocycles. The molecule has 264 valence electrons. The van der Waals surface area contributed by atoms with Crippen LogP contribution in [0, 0.1) is 0 Å². The second-order valence-corrected chi connectivity index (χ2v) is 15.3. The number of aromatic nitrogens is 4. The molecule has 0 spiro atoms. The van der Waals surface area contributed by atoms with Crippen molar-refractivity contribution < 1.29 is 27.8 Å². The average molecular weight is 743 g/mol. The van der Waals surface area contributed by atoms with Gasteiger partial charge in [0.15, 0.2) is 9.84 Å². The number of sulfone groups is 1. The lowest BCUT2D eigenvalue weighted by Gasteiger charge is -2.21. The minimum absolute atomic E-state index is 0.0307. The topological polar surface area (TPSA) is 178 Å². The van der Waals surface area contributed by atoms with Crippen LogP contribution in [0.25, 0.3) is 33.6 Å². The standard InChI is InChI=1S/C34H37Cl2N7O6S/c1-48-32-27(14-37-13-20-9-10-29(44)41-20)39-16-25(42-32)23-7-3-5-21(30(23)35)22-6-4-8-24(31(22)36)26-17-40-28(33(43-26)49-2)15-38-18-34(45)11-12-50(46,47)19-34/h3-8,16-17,20,37-38,45H,9-15,18-19H2,1-2H3,(H,41,44)/t20-,34?/m0/s1. The number of nitrogens with one attached hydrogen (secondary N) is 3. The van der Waals surface area contributed by atoms with Crippen molar-refractivity contribution in [2.24, 2.45) is 0 Å². The number of rotatable bonds is 13. The van der Waals surface area contributed by atoms with Gasteiger partial charge in [0.25, 0.3) is 0 Å². The van der Waals surface area contributed by atoms with E-state index in [2.05, 4.69) is 30.9 Å². The van der Waals surface area contributed by atoms with Gasteiger partial charge in [0.1, 0.15) is 11.4 Å². The van der Waals surface area contributed by atoms with Crippen LogP contribution in [0.1, 0.15) is 30.7 Å². The first-order valence-electron chi connectivity index (χ1n) is 16.0. The Morgan fingerprint density at radius 2 is 1.44 bits per heavy atom. The fraction of sp³-hybridized carbons (Fsp3) is 0.382. The second-order valence-electron chi connectivity index (χ2n) is 12.4. The zero-order valence-electron chi connectivity index (χ0n) is 27.5. The van der Waals surface area contributed by atoms with Gasteiger partial charge in [0, 0.05) is 60.9 Å². The molecule has 2 aliphatic heterocycles. The highest BCUT2D eigenvalue weighted by molar-refractivity contribution is 7.91. The molecule has 1 unspecified atom stereocenters. The molecule has 1 amide bonds. The smallest absolute Gasteiger partial charge is 0.237 e. The SMILES string of the molecule is COc1nc(-c2cccc(-c3cccc(-c4cnc(CNCC5(O)CCS(=O)(=O)C5)c(OC)n4)c3Cl)c2Cl)cnc1CNC[C@@H]1CCC(=O)N1. The molecular weight excluding hydrogens is 705 g/mol. The monoisotopic (exact) mass is 741 g/mol. The molecule has 16 heteroatoms. The predicted molar refractivity (Wildman–Crippen MR) is 190 cm³/mol. The Hall–Kier alpha value is -3.92. The van der Waals surface area contributed by atoms with Crippen molar-refractivity contribution in [3.05, 3.63) is 70.2 Å². The molecule has 2 saturated heterocycles. The first-order valence-corrected chi connectivity index (χ1v) is 18.6. The van der Waals surface area contributed by atoms with Gasteiger partial charge in [-0.25, -0.2) is 18.4 Å². The minimum atomic E-state index is -3.24. The Morgan fingerprint density at radius 1 is 0.900 bits per heavy atom. The van der Waals surface area contributed by atoms with Gasteiger partial charge in [-0.05, 0) is 12.8 Å². The Morgan fingerprint density at radius 3 is 1.92 bits per heavy atom. The largest absolute Gasteiger partial charge is 0.480 e. The third-order valence-corrected chi connectivity index (χ3v) is 11.3. The van der Waals surface area contributed by atoms with Gasteiger partial charge in [-0.3, -0.25) is 14.8 Å². The van der Waals surface area contributed by atoms with Gasteiger partial charge in [-0.1, -0.05) is 59.6 Å². The van der Waals surface area contributed by atoms with Gasteiger partial charge in [0.05, 0.1) is 65.2 Å². The van der Waals surface area contributed by atoms with E-state index < -0.39 is 15.4 Å². The van der Waals surface area contributed by atoms with E-state index >= 15 is 0 Å². The summed E-state index contributed by atoms with van der Waals surface area (Å²) in [5.41, 5.74) is 3.39. The summed E-state index contributed by atoms with van der Waals surface area (Å²) < 4.78 is 34.7. The molecule has 4 N–H and O–H groups in total. The van der Waals surface area contributed by atoms with Gasteiger partial charge in [0.2, 0.25) is 17.7 Å². The number of hydrogen-bond acceptors (Lipinski definition) is 12. The van der Waals surface area contributed by atoms with Crippen LogP contribution in [-0.4, -0.2) is 89.8 Å². The van der Waals surface area contributed by atoms with Gasteiger partial charge in [-0.15, -0.1) is 0 Å². The number of hydrogen-bond donors (Lipinski definition) is 4. The number of benzene rings is 2. The van der Waals surface area contributed by atoms with Crippen molar-refractivity contribution in [3.63, 3.8) is 0 Å². The molecule has 2 aromatic heterocycles.